The summed E-state index contributed by atoms with van der Waals surface area (Å²) in [4.78, 5) is 12.4. The van der Waals surface area contributed by atoms with E-state index in [2.05, 4.69) is 15.7 Å². The van der Waals surface area contributed by atoms with Gasteiger partial charge in [0.05, 0.1) is 10.6 Å². The monoisotopic (exact) mass is 453 g/mol. The molecule has 1 fully saturated rings. The number of amides is 2. The number of carbonyl (C=O) groups is 1. The lowest BCUT2D eigenvalue weighted by Crippen LogP contribution is -2.35. The van der Waals surface area contributed by atoms with Gasteiger partial charge in [0.25, 0.3) is 0 Å². The normalized spacial score (nSPS) is 14.8. The minimum Gasteiger partial charge on any atom is -0.334 e. The van der Waals surface area contributed by atoms with Crippen LogP contribution in [0.1, 0.15) is 30.4 Å². The van der Waals surface area contributed by atoms with Crippen LogP contribution in [0.5, 0.6) is 0 Å². The number of piperidine rings is 1. The molecule has 8 nitrogen and oxygen atoms in total. The third-order valence-corrected chi connectivity index (χ3v) is 7.40. The smallest absolute Gasteiger partial charge is 0.315 e. The van der Waals surface area contributed by atoms with Crippen molar-refractivity contribution in [2.45, 2.75) is 37.2 Å². The number of sulfonamides is 1. The van der Waals surface area contributed by atoms with Gasteiger partial charge in [0, 0.05) is 38.6 Å². The summed E-state index contributed by atoms with van der Waals surface area (Å²) in [5.74, 6) is 0. The summed E-state index contributed by atoms with van der Waals surface area (Å²) in [6.45, 7) is 1.88. The highest BCUT2D eigenvalue weighted by Gasteiger charge is 2.25. The highest BCUT2D eigenvalue weighted by molar-refractivity contribution is 7.89. The van der Waals surface area contributed by atoms with Crippen molar-refractivity contribution in [3.63, 3.8) is 0 Å². The molecule has 1 aliphatic heterocycles. The molecule has 1 aliphatic rings. The van der Waals surface area contributed by atoms with Gasteiger partial charge in [-0.1, -0.05) is 30.7 Å². The first kappa shape index (κ1) is 22.0. The zero-order chi connectivity index (χ0) is 22.4. The molecule has 2 aromatic carbocycles. The number of rotatable bonds is 7. The maximum Gasteiger partial charge on any atom is 0.315 e. The Morgan fingerprint density at radius 2 is 1.47 bits per heavy atom. The summed E-state index contributed by atoms with van der Waals surface area (Å²) in [6, 6.07) is 16.1. The van der Waals surface area contributed by atoms with Gasteiger partial charge >= 0.3 is 6.03 Å². The van der Waals surface area contributed by atoms with Gasteiger partial charge in [0.15, 0.2) is 0 Å². The molecule has 9 heteroatoms. The number of aromatic nitrogens is 2. The topological polar surface area (TPSA) is 96.3 Å². The van der Waals surface area contributed by atoms with Crippen molar-refractivity contribution < 1.29 is 13.2 Å². The molecular formula is C23H27N5O3S. The number of hydrogen-bond donors (Lipinski definition) is 2. The fourth-order valence-electron chi connectivity index (χ4n) is 3.65. The molecule has 0 radical (unpaired) electrons. The zero-order valence-electron chi connectivity index (χ0n) is 17.8. The molecule has 32 heavy (non-hydrogen) atoms. The third-order valence-electron chi connectivity index (χ3n) is 5.49. The summed E-state index contributed by atoms with van der Waals surface area (Å²) in [5.41, 5.74) is 2.76. The number of carbonyl (C=O) groups excluding carboxylic acids is 1. The summed E-state index contributed by atoms with van der Waals surface area (Å²) in [7, 11) is -3.44. The van der Waals surface area contributed by atoms with Crippen LogP contribution >= 0.6 is 0 Å². The zero-order valence-corrected chi connectivity index (χ0v) is 18.6. The lowest BCUT2D eigenvalue weighted by Gasteiger charge is -2.25. The number of benzene rings is 2. The summed E-state index contributed by atoms with van der Waals surface area (Å²) in [6.07, 6.45) is 6.49. The first-order chi connectivity index (χ1) is 15.5. The minimum absolute atomic E-state index is 0.286. The van der Waals surface area contributed by atoms with Gasteiger partial charge < -0.3 is 10.6 Å². The molecule has 2 amide bonds. The molecule has 4 rings (SSSR count). The molecule has 0 bridgehead atoms. The van der Waals surface area contributed by atoms with E-state index >= 15 is 0 Å². The Kier molecular flexibility index (Phi) is 6.87. The van der Waals surface area contributed by atoms with E-state index in [1.807, 2.05) is 36.5 Å². The molecule has 0 atom stereocenters. The Bertz CT molecular complexity index is 1120. The average molecular weight is 454 g/mol. The van der Waals surface area contributed by atoms with Crippen LogP contribution in [0.4, 0.5) is 4.79 Å². The Morgan fingerprint density at radius 3 is 2.03 bits per heavy atom. The summed E-state index contributed by atoms with van der Waals surface area (Å²) >= 11 is 0. The summed E-state index contributed by atoms with van der Waals surface area (Å²) in [5, 5.41) is 9.81. The van der Waals surface area contributed by atoms with Crippen LogP contribution in [-0.4, -0.2) is 41.6 Å². The van der Waals surface area contributed by atoms with Crippen molar-refractivity contribution in [3.8, 4) is 5.69 Å². The maximum absolute atomic E-state index is 12.7. The number of urea groups is 1. The van der Waals surface area contributed by atoms with Crippen LogP contribution in [0.25, 0.3) is 5.69 Å². The van der Waals surface area contributed by atoms with Crippen LogP contribution in [0, 0.1) is 0 Å². The molecule has 0 saturated carbocycles. The Labute approximate surface area is 188 Å². The van der Waals surface area contributed by atoms with Crippen molar-refractivity contribution >= 4 is 16.1 Å². The molecule has 1 aromatic heterocycles. The average Bonchev–Trinajstić information content (AvgIpc) is 3.38. The highest BCUT2D eigenvalue weighted by atomic mass is 32.2. The molecule has 2 heterocycles. The van der Waals surface area contributed by atoms with Crippen LogP contribution in [-0.2, 0) is 23.1 Å². The van der Waals surface area contributed by atoms with E-state index in [-0.39, 0.29) is 6.03 Å². The predicted molar refractivity (Wildman–Crippen MR) is 122 cm³/mol. The Hall–Kier alpha value is -3.17. The number of nitrogens with one attached hydrogen (secondary N) is 2. The molecule has 168 valence electrons. The quantitative estimate of drug-likeness (QED) is 0.575. The van der Waals surface area contributed by atoms with Gasteiger partial charge in [-0.15, -0.1) is 0 Å². The first-order valence-corrected chi connectivity index (χ1v) is 12.2. The molecule has 0 unspecified atom stereocenters. The van der Waals surface area contributed by atoms with Crippen molar-refractivity contribution in [1.82, 2.24) is 24.7 Å². The second kappa shape index (κ2) is 9.97. The van der Waals surface area contributed by atoms with Gasteiger partial charge in [-0.3, -0.25) is 0 Å². The maximum atomic E-state index is 12.7. The van der Waals surface area contributed by atoms with E-state index in [0.29, 0.717) is 31.1 Å². The van der Waals surface area contributed by atoms with Crippen LogP contribution in [0.2, 0.25) is 0 Å². The highest BCUT2D eigenvalue weighted by Crippen LogP contribution is 2.20. The van der Waals surface area contributed by atoms with E-state index in [1.165, 1.54) is 0 Å². The first-order valence-electron chi connectivity index (χ1n) is 10.7. The molecule has 3 aromatic rings. The van der Waals surface area contributed by atoms with E-state index in [4.69, 9.17) is 0 Å². The molecule has 0 spiro atoms. The van der Waals surface area contributed by atoms with Crippen molar-refractivity contribution in [3.05, 3.63) is 78.1 Å². The van der Waals surface area contributed by atoms with E-state index in [0.717, 1.165) is 36.1 Å². The molecule has 1 saturated heterocycles. The van der Waals surface area contributed by atoms with Crippen LogP contribution in [0.3, 0.4) is 0 Å². The Balaban J connectivity index is 1.25. The predicted octanol–water partition coefficient (Wildman–Crippen LogP) is 3.05. The van der Waals surface area contributed by atoms with Crippen molar-refractivity contribution in [2.24, 2.45) is 0 Å². The van der Waals surface area contributed by atoms with E-state index in [1.54, 1.807) is 39.4 Å². The molecule has 2 N–H and O–H groups in total. The third kappa shape index (κ3) is 5.35. The molecule has 0 aliphatic carbocycles. The van der Waals surface area contributed by atoms with Crippen LogP contribution in [0.15, 0.2) is 71.9 Å². The fraction of sp³-hybridized carbons (Fsp3) is 0.304. The number of hydrogen-bond acceptors (Lipinski definition) is 4. The van der Waals surface area contributed by atoms with Gasteiger partial charge in [0.1, 0.15) is 0 Å². The lowest BCUT2D eigenvalue weighted by atomic mass is 10.2. The standard InChI is InChI=1S/C23H27N5O3S/c29-23(24-17-19-5-9-21(10-6-19)28-16-4-13-26-28)25-18-20-7-11-22(12-8-20)32(30,31)27-14-2-1-3-15-27/h4-13,16H,1-3,14-15,17-18H2,(H2,24,25,29). The second-order valence-corrected chi connectivity index (χ2v) is 9.70. The van der Waals surface area contributed by atoms with Gasteiger partial charge in [-0.25, -0.2) is 17.9 Å². The largest absolute Gasteiger partial charge is 0.334 e. The van der Waals surface area contributed by atoms with E-state index in [9.17, 15) is 13.2 Å². The minimum atomic E-state index is -3.44. The van der Waals surface area contributed by atoms with Gasteiger partial charge in [0.2, 0.25) is 10.0 Å². The lowest BCUT2D eigenvalue weighted by molar-refractivity contribution is 0.240. The van der Waals surface area contributed by atoms with Crippen molar-refractivity contribution in [2.75, 3.05) is 13.1 Å². The Morgan fingerprint density at radius 1 is 0.875 bits per heavy atom. The van der Waals surface area contributed by atoms with Crippen LogP contribution < -0.4 is 10.6 Å². The fourth-order valence-corrected chi connectivity index (χ4v) is 5.17. The van der Waals surface area contributed by atoms with E-state index < -0.39 is 10.0 Å². The number of nitrogens with zero attached hydrogens (tertiary/aromatic N) is 3. The molecular weight excluding hydrogens is 426 g/mol. The van der Waals surface area contributed by atoms with Gasteiger partial charge in [-0.05, 0) is 54.3 Å². The van der Waals surface area contributed by atoms with Crippen molar-refractivity contribution in [1.29, 1.82) is 0 Å². The second-order valence-electron chi connectivity index (χ2n) is 7.76. The van der Waals surface area contributed by atoms with Gasteiger partial charge in [-0.2, -0.15) is 9.40 Å². The summed E-state index contributed by atoms with van der Waals surface area (Å²) < 4.78 is 28.8. The SMILES string of the molecule is O=C(NCc1ccc(-n2cccn2)cc1)NCc1ccc(S(=O)(=O)N2CCCCC2)cc1.